The molecule has 1 aromatic heterocycles. The van der Waals surface area contributed by atoms with Crippen molar-refractivity contribution in [3.8, 4) is 11.3 Å². The van der Waals surface area contributed by atoms with Gasteiger partial charge in [0.2, 0.25) is 0 Å². The lowest BCUT2D eigenvalue weighted by Crippen LogP contribution is -2.43. The van der Waals surface area contributed by atoms with Gasteiger partial charge in [-0.2, -0.15) is 0 Å². The summed E-state index contributed by atoms with van der Waals surface area (Å²) in [5, 5.41) is 17.5. The van der Waals surface area contributed by atoms with Crippen molar-refractivity contribution in [2.75, 3.05) is 6.54 Å². The summed E-state index contributed by atoms with van der Waals surface area (Å²) in [6, 6.07) is 9.47. The van der Waals surface area contributed by atoms with Gasteiger partial charge in [-0.3, -0.25) is 4.79 Å². The Balaban J connectivity index is 2.17. The minimum Gasteiger partial charge on any atom is -0.388 e. The Morgan fingerprint density at radius 1 is 1.21 bits per heavy atom. The Bertz CT molecular complexity index is 659. The summed E-state index contributed by atoms with van der Waals surface area (Å²) in [7, 11) is 0. The van der Waals surface area contributed by atoms with E-state index in [1.807, 2.05) is 44.2 Å². The van der Waals surface area contributed by atoms with Gasteiger partial charge < -0.3 is 14.9 Å². The number of nitrogens with one attached hydrogen (secondary N) is 1. The van der Waals surface area contributed by atoms with E-state index in [4.69, 9.17) is 4.52 Å². The van der Waals surface area contributed by atoms with Gasteiger partial charge in [0.25, 0.3) is 5.91 Å². The van der Waals surface area contributed by atoms with Crippen LogP contribution in [0.1, 0.15) is 55.6 Å². The van der Waals surface area contributed by atoms with Crippen LogP contribution in [0.3, 0.4) is 0 Å². The number of hydrogen-bond acceptors (Lipinski definition) is 4. The summed E-state index contributed by atoms with van der Waals surface area (Å²) >= 11 is 0. The molecule has 0 unspecified atom stereocenters. The number of amides is 1. The van der Waals surface area contributed by atoms with Gasteiger partial charge in [0.05, 0.1) is 5.60 Å². The molecule has 1 amide bonds. The molecular weight excluding hydrogens is 304 g/mol. The van der Waals surface area contributed by atoms with Gasteiger partial charge >= 0.3 is 0 Å². The predicted octanol–water partition coefficient (Wildman–Crippen LogP) is 3.71. The number of rotatable bonds is 8. The number of nitrogens with zero attached hydrogens (tertiary/aromatic N) is 1. The van der Waals surface area contributed by atoms with E-state index in [2.05, 4.69) is 10.5 Å². The van der Waals surface area contributed by atoms with Gasteiger partial charge in [-0.15, -0.1) is 0 Å². The zero-order valence-corrected chi connectivity index (χ0v) is 14.6. The SMILES string of the molecule is CCCC(O)(CCC)CNC(=O)c1c(-c2ccccc2)noc1C. The third-order valence-corrected chi connectivity index (χ3v) is 4.15. The van der Waals surface area contributed by atoms with Gasteiger partial charge in [0, 0.05) is 12.1 Å². The Morgan fingerprint density at radius 2 is 1.83 bits per heavy atom. The lowest BCUT2D eigenvalue weighted by atomic mass is 9.92. The monoisotopic (exact) mass is 330 g/mol. The lowest BCUT2D eigenvalue weighted by molar-refractivity contribution is 0.0213. The maximum absolute atomic E-state index is 12.7. The van der Waals surface area contributed by atoms with Crippen LogP contribution in [0.2, 0.25) is 0 Å². The Morgan fingerprint density at radius 3 is 2.42 bits per heavy atom. The third kappa shape index (κ3) is 4.23. The predicted molar refractivity (Wildman–Crippen MR) is 93.8 cm³/mol. The largest absolute Gasteiger partial charge is 0.388 e. The van der Waals surface area contributed by atoms with Crippen LogP contribution in [0.5, 0.6) is 0 Å². The fourth-order valence-electron chi connectivity index (χ4n) is 3.00. The zero-order valence-electron chi connectivity index (χ0n) is 14.6. The van der Waals surface area contributed by atoms with Crippen LogP contribution < -0.4 is 5.32 Å². The van der Waals surface area contributed by atoms with Gasteiger partial charge in [-0.05, 0) is 19.8 Å². The highest BCUT2D eigenvalue weighted by atomic mass is 16.5. The molecule has 2 N–H and O–H groups in total. The van der Waals surface area contributed by atoms with Crippen molar-refractivity contribution >= 4 is 5.91 Å². The summed E-state index contributed by atoms with van der Waals surface area (Å²) < 4.78 is 5.22. The molecule has 130 valence electrons. The van der Waals surface area contributed by atoms with E-state index in [0.29, 0.717) is 29.9 Å². The number of hydrogen-bond donors (Lipinski definition) is 2. The van der Waals surface area contributed by atoms with Crippen LogP contribution >= 0.6 is 0 Å². The molecule has 0 saturated heterocycles. The van der Waals surface area contributed by atoms with Crippen molar-refractivity contribution < 1.29 is 14.4 Å². The van der Waals surface area contributed by atoms with Crippen molar-refractivity contribution in [3.05, 3.63) is 41.7 Å². The van der Waals surface area contributed by atoms with E-state index >= 15 is 0 Å². The van der Waals surface area contributed by atoms with Gasteiger partial charge in [-0.25, -0.2) is 0 Å². The first-order valence-electron chi connectivity index (χ1n) is 8.53. The Labute approximate surface area is 143 Å². The molecule has 0 radical (unpaired) electrons. The molecule has 0 fully saturated rings. The lowest BCUT2D eigenvalue weighted by Gasteiger charge is -2.27. The van der Waals surface area contributed by atoms with Crippen molar-refractivity contribution in [1.29, 1.82) is 0 Å². The summed E-state index contributed by atoms with van der Waals surface area (Å²) in [4.78, 5) is 12.7. The van der Waals surface area contributed by atoms with Crippen molar-refractivity contribution in [1.82, 2.24) is 10.5 Å². The fraction of sp³-hybridized carbons (Fsp3) is 0.474. The average molecular weight is 330 g/mol. The number of aliphatic hydroxyl groups is 1. The second kappa shape index (κ2) is 8.11. The van der Waals surface area contributed by atoms with Gasteiger partial charge in [-0.1, -0.05) is 62.2 Å². The molecule has 1 heterocycles. The standard InChI is InChI=1S/C19H26N2O3/c1-4-11-19(23,12-5-2)13-20-18(22)16-14(3)24-21-17(16)15-9-7-6-8-10-15/h6-10,23H,4-5,11-13H2,1-3H3,(H,20,22). The molecule has 5 nitrogen and oxygen atoms in total. The number of aryl methyl sites for hydroxylation is 1. The third-order valence-electron chi connectivity index (χ3n) is 4.15. The van der Waals surface area contributed by atoms with Crippen LogP contribution in [-0.4, -0.2) is 28.3 Å². The summed E-state index contributed by atoms with van der Waals surface area (Å²) in [5.41, 5.74) is 0.922. The second-order valence-electron chi connectivity index (χ2n) is 6.24. The van der Waals surface area contributed by atoms with E-state index < -0.39 is 5.60 Å². The van der Waals surface area contributed by atoms with Crippen LogP contribution in [0, 0.1) is 6.92 Å². The van der Waals surface area contributed by atoms with Crippen molar-refractivity contribution in [2.24, 2.45) is 0 Å². The molecule has 24 heavy (non-hydrogen) atoms. The molecule has 0 atom stereocenters. The molecule has 0 aliphatic heterocycles. The summed E-state index contributed by atoms with van der Waals surface area (Å²) in [6.45, 7) is 6.01. The van der Waals surface area contributed by atoms with E-state index in [-0.39, 0.29) is 12.5 Å². The van der Waals surface area contributed by atoms with Crippen LogP contribution in [0.25, 0.3) is 11.3 Å². The molecule has 0 aliphatic rings. The molecule has 0 saturated carbocycles. The summed E-state index contributed by atoms with van der Waals surface area (Å²) in [5.74, 6) is 0.208. The smallest absolute Gasteiger partial charge is 0.257 e. The van der Waals surface area contributed by atoms with Gasteiger partial charge in [0.1, 0.15) is 17.0 Å². The first-order chi connectivity index (χ1) is 11.5. The van der Waals surface area contributed by atoms with Crippen LogP contribution in [0.4, 0.5) is 0 Å². The number of benzene rings is 1. The van der Waals surface area contributed by atoms with Crippen LogP contribution in [-0.2, 0) is 0 Å². The molecular formula is C19H26N2O3. The first-order valence-corrected chi connectivity index (χ1v) is 8.53. The van der Waals surface area contributed by atoms with E-state index in [1.54, 1.807) is 6.92 Å². The first kappa shape index (κ1) is 18.2. The second-order valence-corrected chi connectivity index (χ2v) is 6.24. The minimum absolute atomic E-state index is 0.229. The molecule has 5 heteroatoms. The molecule has 0 aliphatic carbocycles. The topological polar surface area (TPSA) is 75.4 Å². The molecule has 1 aromatic carbocycles. The molecule has 0 spiro atoms. The summed E-state index contributed by atoms with van der Waals surface area (Å²) in [6.07, 6.45) is 3.06. The zero-order chi connectivity index (χ0) is 17.6. The molecule has 0 bridgehead atoms. The Kier molecular flexibility index (Phi) is 6.15. The highest BCUT2D eigenvalue weighted by molar-refractivity contribution is 6.00. The molecule has 2 rings (SSSR count). The van der Waals surface area contributed by atoms with E-state index in [9.17, 15) is 9.90 Å². The maximum atomic E-state index is 12.7. The van der Waals surface area contributed by atoms with E-state index in [0.717, 1.165) is 18.4 Å². The number of carbonyl (C=O) groups excluding carboxylic acids is 1. The highest BCUT2D eigenvalue weighted by Gasteiger charge is 2.28. The Hall–Kier alpha value is -2.14. The fourth-order valence-corrected chi connectivity index (χ4v) is 3.00. The van der Waals surface area contributed by atoms with E-state index in [1.165, 1.54) is 0 Å². The average Bonchev–Trinajstić information content (AvgIpc) is 2.96. The number of carbonyl (C=O) groups is 1. The molecule has 2 aromatic rings. The highest BCUT2D eigenvalue weighted by Crippen LogP contribution is 2.25. The van der Waals surface area contributed by atoms with Crippen molar-refractivity contribution in [2.45, 2.75) is 52.1 Å². The number of aromatic nitrogens is 1. The minimum atomic E-state index is -0.864. The van der Waals surface area contributed by atoms with Gasteiger partial charge in [0.15, 0.2) is 0 Å². The van der Waals surface area contributed by atoms with Crippen molar-refractivity contribution in [3.63, 3.8) is 0 Å². The normalized spacial score (nSPS) is 11.5. The van der Waals surface area contributed by atoms with Crippen LogP contribution in [0.15, 0.2) is 34.9 Å². The quantitative estimate of drug-likeness (QED) is 0.773. The maximum Gasteiger partial charge on any atom is 0.257 e.